The molecule has 0 saturated heterocycles. The molecule has 2 rings (SSSR count). The van der Waals surface area contributed by atoms with Gasteiger partial charge in [0, 0.05) is 6.54 Å². The summed E-state index contributed by atoms with van der Waals surface area (Å²) in [5.41, 5.74) is -0.822. The van der Waals surface area contributed by atoms with Gasteiger partial charge in [-0.05, 0) is 36.5 Å². The lowest BCUT2D eigenvalue weighted by Crippen LogP contribution is -2.09. The normalized spacial score (nSPS) is 23.6. The Labute approximate surface area is 96.8 Å². The third kappa shape index (κ3) is 2.90. The van der Waals surface area contributed by atoms with Crippen LogP contribution < -0.4 is 5.32 Å². The second-order valence-corrected chi connectivity index (χ2v) is 4.55. The van der Waals surface area contributed by atoms with Gasteiger partial charge in [0.2, 0.25) is 0 Å². The first-order valence-corrected chi connectivity index (χ1v) is 5.48. The van der Waals surface area contributed by atoms with Crippen molar-refractivity contribution >= 4 is 5.69 Å². The van der Waals surface area contributed by atoms with Crippen molar-refractivity contribution in [1.82, 2.24) is 0 Å². The maximum absolute atomic E-state index is 13.4. The summed E-state index contributed by atoms with van der Waals surface area (Å²) >= 11 is 0. The lowest BCUT2D eigenvalue weighted by Gasteiger charge is -2.10. The van der Waals surface area contributed by atoms with Crippen LogP contribution in [0.3, 0.4) is 0 Å². The van der Waals surface area contributed by atoms with E-state index in [9.17, 15) is 17.6 Å². The van der Waals surface area contributed by atoms with Crippen LogP contribution in [0.25, 0.3) is 0 Å². The number of rotatable bonds is 3. The van der Waals surface area contributed by atoms with Gasteiger partial charge in [-0.1, -0.05) is 6.92 Å². The summed E-state index contributed by atoms with van der Waals surface area (Å²) in [5.74, 6) is 0.282. The second-order valence-electron chi connectivity index (χ2n) is 4.55. The largest absolute Gasteiger partial charge is 0.416 e. The van der Waals surface area contributed by atoms with Crippen LogP contribution in [0.5, 0.6) is 0 Å². The summed E-state index contributed by atoms with van der Waals surface area (Å²) in [7, 11) is 0. The summed E-state index contributed by atoms with van der Waals surface area (Å²) in [6.45, 7) is 2.71. The first-order valence-electron chi connectivity index (χ1n) is 5.48. The van der Waals surface area contributed by atoms with E-state index in [2.05, 4.69) is 12.2 Å². The molecule has 1 aromatic rings. The molecule has 17 heavy (non-hydrogen) atoms. The average Bonchev–Trinajstić information content (AvgIpc) is 2.91. The van der Waals surface area contributed by atoms with E-state index in [4.69, 9.17) is 0 Å². The van der Waals surface area contributed by atoms with Crippen molar-refractivity contribution in [3.63, 3.8) is 0 Å². The lowest BCUT2D eigenvalue weighted by atomic mass is 10.2. The molecule has 2 unspecified atom stereocenters. The predicted molar refractivity (Wildman–Crippen MR) is 57.2 cm³/mol. The van der Waals surface area contributed by atoms with Crippen LogP contribution in [-0.4, -0.2) is 6.54 Å². The van der Waals surface area contributed by atoms with Crippen LogP contribution in [0.15, 0.2) is 18.2 Å². The van der Waals surface area contributed by atoms with Gasteiger partial charge in [-0.3, -0.25) is 0 Å². The maximum Gasteiger partial charge on any atom is 0.416 e. The molecule has 2 atom stereocenters. The highest BCUT2D eigenvalue weighted by atomic mass is 19.4. The van der Waals surface area contributed by atoms with Gasteiger partial charge in [0.1, 0.15) is 5.82 Å². The highest BCUT2D eigenvalue weighted by molar-refractivity contribution is 5.47. The molecule has 1 N–H and O–H groups in total. The van der Waals surface area contributed by atoms with E-state index in [0.717, 1.165) is 18.6 Å². The Morgan fingerprint density at radius 1 is 1.35 bits per heavy atom. The molecule has 0 radical (unpaired) electrons. The van der Waals surface area contributed by atoms with Crippen LogP contribution >= 0.6 is 0 Å². The first-order chi connectivity index (χ1) is 7.88. The highest BCUT2D eigenvalue weighted by Crippen LogP contribution is 2.38. The Morgan fingerprint density at radius 2 is 2.00 bits per heavy atom. The van der Waals surface area contributed by atoms with Gasteiger partial charge in [-0.2, -0.15) is 13.2 Å². The Kier molecular flexibility index (Phi) is 3.02. The van der Waals surface area contributed by atoms with Gasteiger partial charge in [0.15, 0.2) is 0 Å². The summed E-state index contributed by atoms with van der Waals surface area (Å²) < 4.78 is 50.2. The van der Waals surface area contributed by atoms with Gasteiger partial charge in [0.05, 0.1) is 11.3 Å². The molecule has 0 heterocycles. The van der Waals surface area contributed by atoms with Gasteiger partial charge in [0.25, 0.3) is 0 Å². The van der Waals surface area contributed by atoms with E-state index in [-0.39, 0.29) is 5.69 Å². The third-order valence-corrected chi connectivity index (χ3v) is 3.13. The average molecular weight is 247 g/mol. The minimum Gasteiger partial charge on any atom is -0.382 e. The van der Waals surface area contributed by atoms with Crippen LogP contribution in [0.2, 0.25) is 0 Å². The van der Waals surface area contributed by atoms with Crippen molar-refractivity contribution in [3.05, 3.63) is 29.6 Å². The molecular formula is C12H13F4N. The highest BCUT2D eigenvalue weighted by Gasteiger charge is 2.33. The van der Waals surface area contributed by atoms with Crippen LogP contribution in [0, 0.1) is 17.7 Å². The molecule has 1 saturated carbocycles. The molecule has 0 aromatic heterocycles. The van der Waals surface area contributed by atoms with Crippen molar-refractivity contribution in [2.75, 3.05) is 11.9 Å². The zero-order valence-corrected chi connectivity index (χ0v) is 9.31. The maximum atomic E-state index is 13.4. The quantitative estimate of drug-likeness (QED) is 0.798. The Bertz CT molecular complexity index is 413. The second kappa shape index (κ2) is 4.20. The topological polar surface area (TPSA) is 12.0 Å². The van der Waals surface area contributed by atoms with E-state index in [1.807, 2.05) is 0 Å². The number of hydrogen-bond acceptors (Lipinski definition) is 1. The van der Waals surface area contributed by atoms with E-state index in [1.165, 1.54) is 0 Å². The fourth-order valence-corrected chi connectivity index (χ4v) is 1.76. The van der Waals surface area contributed by atoms with Gasteiger partial charge in [-0.15, -0.1) is 0 Å². The van der Waals surface area contributed by atoms with Gasteiger partial charge >= 0.3 is 6.18 Å². The SMILES string of the molecule is CC1CC1CNc1ccc(C(F)(F)F)cc1F. The van der Waals surface area contributed by atoms with E-state index >= 15 is 0 Å². The molecule has 1 aromatic carbocycles. The molecule has 1 nitrogen and oxygen atoms in total. The predicted octanol–water partition coefficient (Wildman–Crippen LogP) is 3.91. The van der Waals surface area contributed by atoms with Gasteiger partial charge < -0.3 is 5.32 Å². The van der Waals surface area contributed by atoms with Crippen molar-refractivity contribution in [2.45, 2.75) is 19.5 Å². The fraction of sp³-hybridized carbons (Fsp3) is 0.500. The zero-order chi connectivity index (χ0) is 12.6. The molecule has 94 valence electrons. The molecule has 0 aliphatic heterocycles. The standard InChI is InChI=1S/C12H13F4N/c1-7-4-8(7)6-17-11-3-2-9(5-10(11)13)12(14,15)16/h2-3,5,7-8,17H,4,6H2,1H3. The molecule has 1 aliphatic rings. The van der Waals surface area contributed by atoms with Crippen molar-refractivity contribution in [1.29, 1.82) is 0 Å². The number of anilines is 1. The van der Waals surface area contributed by atoms with Crippen LogP contribution in [0.4, 0.5) is 23.2 Å². The van der Waals surface area contributed by atoms with Gasteiger partial charge in [-0.25, -0.2) is 4.39 Å². The molecular weight excluding hydrogens is 234 g/mol. The Morgan fingerprint density at radius 3 is 2.47 bits per heavy atom. The fourth-order valence-electron chi connectivity index (χ4n) is 1.76. The first kappa shape index (κ1) is 12.2. The molecule has 0 bridgehead atoms. The Hall–Kier alpha value is -1.26. The summed E-state index contributed by atoms with van der Waals surface area (Å²) in [6, 6.07) is 2.56. The smallest absolute Gasteiger partial charge is 0.382 e. The molecule has 1 fully saturated rings. The number of nitrogens with one attached hydrogen (secondary N) is 1. The monoisotopic (exact) mass is 247 g/mol. The van der Waals surface area contributed by atoms with E-state index in [0.29, 0.717) is 24.4 Å². The lowest BCUT2D eigenvalue weighted by molar-refractivity contribution is -0.137. The molecule has 5 heteroatoms. The molecule has 1 aliphatic carbocycles. The number of benzene rings is 1. The van der Waals surface area contributed by atoms with Crippen molar-refractivity contribution in [2.24, 2.45) is 11.8 Å². The molecule has 0 amide bonds. The van der Waals surface area contributed by atoms with Crippen LogP contribution in [0.1, 0.15) is 18.9 Å². The van der Waals surface area contributed by atoms with E-state index in [1.54, 1.807) is 0 Å². The van der Waals surface area contributed by atoms with E-state index < -0.39 is 17.6 Å². The van der Waals surface area contributed by atoms with Crippen molar-refractivity contribution < 1.29 is 17.6 Å². The number of hydrogen-bond donors (Lipinski definition) is 1. The van der Waals surface area contributed by atoms with Crippen LogP contribution in [-0.2, 0) is 6.18 Å². The summed E-state index contributed by atoms with van der Waals surface area (Å²) in [4.78, 5) is 0. The number of halogens is 4. The minimum absolute atomic E-state index is 0.136. The third-order valence-electron chi connectivity index (χ3n) is 3.13. The number of alkyl halides is 3. The zero-order valence-electron chi connectivity index (χ0n) is 9.31. The Balaban J connectivity index is 2.04. The molecule has 0 spiro atoms. The minimum atomic E-state index is -4.50. The summed E-state index contributed by atoms with van der Waals surface area (Å²) in [6.07, 6.45) is -3.40. The van der Waals surface area contributed by atoms with Crippen molar-refractivity contribution in [3.8, 4) is 0 Å². The summed E-state index contributed by atoms with van der Waals surface area (Å²) in [5, 5.41) is 2.84.